The first-order valence-electron chi connectivity index (χ1n) is 3.24. The van der Waals surface area contributed by atoms with Crippen LogP contribution in [0.15, 0.2) is 11.5 Å². The Balaban J connectivity index is 2.36. The number of aliphatic hydroxyl groups excluding tert-OH is 2. The molecule has 0 aromatic rings. The fraction of sp³-hybridized carbons (Fsp3) is 0.500. The van der Waals surface area contributed by atoms with Gasteiger partial charge in [-0.2, -0.15) is 0 Å². The van der Waals surface area contributed by atoms with E-state index in [1.807, 2.05) is 0 Å². The third-order valence-corrected chi connectivity index (χ3v) is 1.85. The van der Waals surface area contributed by atoms with E-state index in [9.17, 15) is 4.79 Å². The van der Waals surface area contributed by atoms with E-state index in [-0.39, 0.29) is 18.9 Å². The number of ether oxygens (including phenoxy) is 1. The molecule has 5 heteroatoms. The summed E-state index contributed by atoms with van der Waals surface area (Å²) in [4.78, 5) is 12.0. The van der Waals surface area contributed by atoms with Crippen LogP contribution in [-0.2, 0) is 4.74 Å². The average Bonchev–Trinajstić information content (AvgIpc) is 2.43. The van der Waals surface area contributed by atoms with E-state index < -0.39 is 12.2 Å². The van der Waals surface area contributed by atoms with Crippen LogP contribution in [0.25, 0.3) is 0 Å². The third kappa shape index (κ3) is 0.711. The van der Waals surface area contributed by atoms with Crippen LogP contribution in [0.3, 0.4) is 0 Å². The Kier molecular flexibility index (Phi) is 1.11. The molecule has 60 valence electrons. The van der Waals surface area contributed by atoms with Crippen LogP contribution in [0, 0.1) is 0 Å². The van der Waals surface area contributed by atoms with E-state index in [1.54, 1.807) is 0 Å². The Hall–Kier alpha value is -1.23. The molecule has 0 unspecified atom stereocenters. The molecule has 11 heavy (non-hydrogen) atoms. The van der Waals surface area contributed by atoms with Crippen molar-refractivity contribution in [3.63, 3.8) is 0 Å². The van der Waals surface area contributed by atoms with Crippen molar-refractivity contribution in [2.24, 2.45) is 0 Å². The van der Waals surface area contributed by atoms with Crippen molar-refractivity contribution in [2.45, 2.75) is 6.10 Å². The fourth-order valence-corrected chi connectivity index (χ4v) is 1.24. The number of nitrogens with zero attached hydrogens (tertiary/aromatic N) is 1. The number of carbonyl (C=O) groups excluding carboxylic acids is 1. The standard InChI is InChI=1S/C6H7NO4/c8-4-1-7-3(5(4)9)2-11-6(7)10/h4,8-9H,1-2H2/t4-/m1/s1. The number of hydrogen-bond acceptors (Lipinski definition) is 4. The first-order chi connectivity index (χ1) is 5.20. The van der Waals surface area contributed by atoms with Gasteiger partial charge in [-0.1, -0.05) is 0 Å². The minimum atomic E-state index is -0.933. The quantitative estimate of drug-likeness (QED) is 0.501. The van der Waals surface area contributed by atoms with E-state index in [2.05, 4.69) is 4.74 Å². The van der Waals surface area contributed by atoms with Gasteiger partial charge in [0.05, 0.1) is 6.54 Å². The van der Waals surface area contributed by atoms with Gasteiger partial charge in [-0.15, -0.1) is 0 Å². The maximum absolute atomic E-state index is 10.8. The summed E-state index contributed by atoms with van der Waals surface area (Å²) < 4.78 is 4.60. The molecule has 0 aromatic heterocycles. The van der Waals surface area contributed by atoms with Gasteiger partial charge in [0.25, 0.3) is 0 Å². The first kappa shape index (κ1) is 6.48. The second-order valence-corrected chi connectivity index (χ2v) is 2.51. The molecule has 1 fully saturated rings. The molecule has 2 aliphatic rings. The predicted molar refractivity (Wildman–Crippen MR) is 33.7 cm³/mol. The van der Waals surface area contributed by atoms with E-state index in [0.717, 1.165) is 0 Å². The number of carbonyl (C=O) groups is 1. The van der Waals surface area contributed by atoms with Gasteiger partial charge in [0.1, 0.15) is 24.2 Å². The summed E-state index contributed by atoms with van der Waals surface area (Å²) in [7, 11) is 0. The molecular formula is C6H7NO4. The molecule has 0 aliphatic carbocycles. The summed E-state index contributed by atoms with van der Waals surface area (Å²) in [5.74, 6) is -0.143. The number of hydrogen-bond donors (Lipinski definition) is 2. The molecule has 2 heterocycles. The lowest BCUT2D eigenvalue weighted by atomic mass is 10.3. The molecule has 0 spiro atoms. The minimum absolute atomic E-state index is 0.0712. The summed E-state index contributed by atoms with van der Waals surface area (Å²) in [5, 5.41) is 18.2. The van der Waals surface area contributed by atoms with E-state index in [1.165, 1.54) is 4.90 Å². The summed E-state index contributed by atoms with van der Waals surface area (Å²) in [6.07, 6.45) is -1.43. The van der Waals surface area contributed by atoms with Gasteiger partial charge in [-0.05, 0) is 0 Å². The van der Waals surface area contributed by atoms with Crippen LogP contribution in [-0.4, -0.2) is 40.5 Å². The van der Waals surface area contributed by atoms with Gasteiger partial charge in [0, 0.05) is 0 Å². The van der Waals surface area contributed by atoms with Crippen LogP contribution in [0.4, 0.5) is 4.79 Å². The topological polar surface area (TPSA) is 70.0 Å². The molecule has 1 amide bonds. The number of amides is 1. The van der Waals surface area contributed by atoms with Crippen LogP contribution >= 0.6 is 0 Å². The Morgan fingerprint density at radius 2 is 2.36 bits per heavy atom. The van der Waals surface area contributed by atoms with Crippen molar-refractivity contribution < 1.29 is 19.7 Å². The molecule has 5 nitrogen and oxygen atoms in total. The molecule has 1 atom stereocenters. The highest BCUT2D eigenvalue weighted by molar-refractivity contribution is 5.74. The van der Waals surface area contributed by atoms with Gasteiger partial charge >= 0.3 is 6.09 Å². The zero-order chi connectivity index (χ0) is 8.01. The van der Waals surface area contributed by atoms with Crippen molar-refractivity contribution >= 4 is 6.09 Å². The first-order valence-corrected chi connectivity index (χ1v) is 3.24. The van der Waals surface area contributed by atoms with Crippen molar-refractivity contribution in [3.05, 3.63) is 11.5 Å². The average molecular weight is 157 g/mol. The number of cyclic esters (lactones) is 1. The second-order valence-electron chi connectivity index (χ2n) is 2.51. The van der Waals surface area contributed by atoms with E-state index in [4.69, 9.17) is 10.2 Å². The van der Waals surface area contributed by atoms with Crippen LogP contribution in [0.5, 0.6) is 0 Å². The molecule has 0 radical (unpaired) electrons. The molecule has 2 rings (SSSR count). The van der Waals surface area contributed by atoms with Crippen LogP contribution in [0.1, 0.15) is 0 Å². The SMILES string of the molecule is O=C1OCC2=C(O)[C@H](O)CN12. The van der Waals surface area contributed by atoms with E-state index in [0.29, 0.717) is 5.70 Å². The number of rotatable bonds is 0. The highest BCUT2D eigenvalue weighted by Crippen LogP contribution is 2.26. The Morgan fingerprint density at radius 1 is 1.64 bits per heavy atom. The Morgan fingerprint density at radius 3 is 3.00 bits per heavy atom. The van der Waals surface area contributed by atoms with Crippen LogP contribution in [0.2, 0.25) is 0 Å². The summed E-state index contributed by atoms with van der Waals surface area (Å²) >= 11 is 0. The Labute approximate surface area is 62.5 Å². The lowest BCUT2D eigenvalue weighted by Gasteiger charge is -2.06. The van der Waals surface area contributed by atoms with Gasteiger partial charge in [-0.3, -0.25) is 4.90 Å². The smallest absolute Gasteiger partial charge is 0.414 e. The highest BCUT2D eigenvalue weighted by Gasteiger charge is 2.39. The minimum Gasteiger partial charge on any atom is -0.507 e. The third-order valence-electron chi connectivity index (χ3n) is 1.85. The Bertz CT molecular complexity index is 247. The second kappa shape index (κ2) is 1.88. The van der Waals surface area contributed by atoms with Gasteiger partial charge in [0.15, 0.2) is 0 Å². The summed E-state index contributed by atoms with van der Waals surface area (Å²) in [6.45, 7) is 0.182. The van der Waals surface area contributed by atoms with Crippen molar-refractivity contribution in [1.29, 1.82) is 0 Å². The molecule has 0 bridgehead atoms. The van der Waals surface area contributed by atoms with Crippen molar-refractivity contribution in [3.8, 4) is 0 Å². The van der Waals surface area contributed by atoms with Crippen LogP contribution < -0.4 is 0 Å². The summed E-state index contributed by atoms with van der Waals surface area (Å²) in [6, 6.07) is 0. The summed E-state index contributed by atoms with van der Waals surface area (Å²) in [5.41, 5.74) is 0.391. The monoisotopic (exact) mass is 157 g/mol. The van der Waals surface area contributed by atoms with Gasteiger partial charge in [0.2, 0.25) is 0 Å². The molecule has 0 aromatic carbocycles. The zero-order valence-corrected chi connectivity index (χ0v) is 5.65. The lowest BCUT2D eigenvalue weighted by Crippen LogP contribution is -2.25. The maximum Gasteiger partial charge on any atom is 0.414 e. The van der Waals surface area contributed by atoms with Crippen molar-refractivity contribution in [1.82, 2.24) is 4.90 Å². The number of aliphatic hydroxyl groups is 2. The molecule has 0 saturated carbocycles. The van der Waals surface area contributed by atoms with Gasteiger partial charge in [-0.25, -0.2) is 4.79 Å². The van der Waals surface area contributed by atoms with Gasteiger partial charge < -0.3 is 14.9 Å². The molecule has 2 aliphatic heterocycles. The van der Waals surface area contributed by atoms with Crippen molar-refractivity contribution in [2.75, 3.05) is 13.2 Å². The molecular weight excluding hydrogens is 150 g/mol. The predicted octanol–water partition coefficient (Wildman–Crippen LogP) is -0.417. The molecule has 1 saturated heterocycles. The normalized spacial score (nSPS) is 29.4. The lowest BCUT2D eigenvalue weighted by molar-refractivity contribution is 0.127. The number of fused-ring (bicyclic) bond motifs is 1. The largest absolute Gasteiger partial charge is 0.507 e. The molecule has 2 N–H and O–H groups in total. The fourth-order valence-electron chi connectivity index (χ4n) is 1.24. The zero-order valence-electron chi connectivity index (χ0n) is 5.65. The van der Waals surface area contributed by atoms with E-state index >= 15 is 0 Å². The highest BCUT2D eigenvalue weighted by atomic mass is 16.6. The maximum atomic E-state index is 10.8.